The minimum Gasteiger partial charge on any atom is -0.507 e. The largest absolute Gasteiger partial charge is 0.507 e. The van der Waals surface area contributed by atoms with Crippen LogP contribution in [0, 0.1) is 0 Å². The number of nitrogens with zero attached hydrogens (tertiary/aromatic N) is 1. The van der Waals surface area contributed by atoms with Crippen molar-refractivity contribution in [2.45, 2.75) is 26.7 Å². The molecular weight excluding hydrogens is 198 g/mol. The number of hydrogen-bond donors (Lipinski definition) is 2. The van der Waals surface area contributed by atoms with E-state index in [4.69, 9.17) is 9.62 Å². The zero-order chi connectivity index (χ0) is 11.4. The Balaban J connectivity index is 3.38. The summed E-state index contributed by atoms with van der Waals surface area (Å²) in [6, 6.07) is 1.36. The summed E-state index contributed by atoms with van der Waals surface area (Å²) in [4.78, 5) is 11.5. The third-order valence-electron chi connectivity index (χ3n) is 2.07. The maximum absolute atomic E-state index is 11.5. The number of aryl methyl sites for hydroxylation is 1. The van der Waals surface area contributed by atoms with Gasteiger partial charge in [0.25, 0.3) is 0 Å². The van der Waals surface area contributed by atoms with Crippen LogP contribution in [-0.2, 0) is 6.42 Å². The van der Waals surface area contributed by atoms with Crippen molar-refractivity contribution in [3.63, 3.8) is 0 Å². The fourth-order valence-corrected chi connectivity index (χ4v) is 1.27. The molecular formula is C10H13NO4. The van der Waals surface area contributed by atoms with E-state index in [1.165, 1.54) is 6.07 Å². The van der Waals surface area contributed by atoms with Crippen molar-refractivity contribution in [3.8, 4) is 5.75 Å². The van der Waals surface area contributed by atoms with Crippen LogP contribution in [0.4, 0.5) is 0 Å². The van der Waals surface area contributed by atoms with Gasteiger partial charge in [-0.2, -0.15) is 0 Å². The van der Waals surface area contributed by atoms with E-state index in [0.29, 0.717) is 18.6 Å². The Labute approximate surface area is 86.7 Å². The zero-order valence-corrected chi connectivity index (χ0v) is 8.65. The summed E-state index contributed by atoms with van der Waals surface area (Å²) in [7, 11) is 0. The van der Waals surface area contributed by atoms with Gasteiger partial charge in [-0.3, -0.25) is 0 Å². The van der Waals surface area contributed by atoms with Gasteiger partial charge in [-0.15, -0.1) is 0 Å². The summed E-state index contributed by atoms with van der Waals surface area (Å²) < 4.78 is 4.92. The first-order chi connectivity index (χ1) is 7.13. The normalized spacial score (nSPS) is 11.7. The van der Waals surface area contributed by atoms with Crippen LogP contribution in [0.25, 0.3) is 0 Å². The molecule has 0 unspecified atom stereocenters. The maximum Gasteiger partial charge on any atom is 0.349 e. The molecule has 0 aromatic carbocycles. The molecule has 2 N–H and O–H groups in total. The molecule has 1 rings (SSSR count). The quantitative estimate of drug-likeness (QED) is 0.451. The molecule has 82 valence electrons. The Bertz CT molecular complexity index is 434. The van der Waals surface area contributed by atoms with Crippen molar-refractivity contribution in [3.05, 3.63) is 27.8 Å². The summed E-state index contributed by atoms with van der Waals surface area (Å²) in [6.45, 7) is 3.51. The molecule has 0 fully saturated rings. The molecule has 1 aromatic rings. The standard InChI is InChI=1S/C10H13NO4/c1-3-6-5-8(12)9(10(13)15-6)7(4-2)11-14/h5,12,14H,3-4H2,1-2H3. The second-order valence-corrected chi connectivity index (χ2v) is 3.01. The SMILES string of the molecule is CCC(=NO)c1c(O)cc(CC)oc1=O. The summed E-state index contributed by atoms with van der Waals surface area (Å²) in [5.41, 5.74) is -0.636. The predicted molar refractivity (Wildman–Crippen MR) is 54.6 cm³/mol. The summed E-state index contributed by atoms with van der Waals surface area (Å²) in [5, 5.41) is 21.2. The first-order valence-electron chi connectivity index (χ1n) is 4.71. The Hall–Kier alpha value is -1.78. The maximum atomic E-state index is 11.5. The van der Waals surface area contributed by atoms with Gasteiger partial charge >= 0.3 is 5.63 Å². The van der Waals surface area contributed by atoms with Gasteiger partial charge in [-0.05, 0) is 6.42 Å². The van der Waals surface area contributed by atoms with E-state index >= 15 is 0 Å². The number of rotatable bonds is 3. The molecule has 15 heavy (non-hydrogen) atoms. The summed E-state index contributed by atoms with van der Waals surface area (Å²) >= 11 is 0. The second-order valence-electron chi connectivity index (χ2n) is 3.01. The molecule has 0 saturated heterocycles. The molecule has 0 amide bonds. The topological polar surface area (TPSA) is 83.0 Å². The number of aromatic hydroxyl groups is 1. The molecule has 0 radical (unpaired) electrons. The van der Waals surface area contributed by atoms with Crippen molar-refractivity contribution >= 4 is 5.71 Å². The molecule has 5 heteroatoms. The van der Waals surface area contributed by atoms with Gasteiger partial charge in [-0.1, -0.05) is 19.0 Å². The molecule has 5 nitrogen and oxygen atoms in total. The van der Waals surface area contributed by atoms with Crippen molar-refractivity contribution in [2.75, 3.05) is 0 Å². The van der Waals surface area contributed by atoms with Crippen LogP contribution in [0.15, 0.2) is 20.4 Å². The highest BCUT2D eigenvalue weighted by molar-refractivity contribution is 6.01. The number of hydrogen-bond acceptors (Lipinski definition) is 5. The molecule has 0 aliphatic carbocycles. The van der Waals surface area contributed by atoms with E-state index in [9.17, 15) is 9.90 Å². The van der Waals surface area contributed by atoms with Gasteiger partial charge in [0, 0.05) is 12.5 Å². The second kappa shape index (κ2) is 4.63. The van der Waals surface area contributed by atoms with Gasteiger partial charge in [0.05, 0.1) is 5.71 Å². The molecule has 0 aliphatic rings. The highest BCUT2D eigenvalue weighted by Gasteiger charge is 2.15. The van der Waals surface area contributed by atoms with Crippen LogP contribution < -0.4 is 5.63 Å². The van der Waals surface area contributed by atoms with Crippen LogP contribution in [0.5, 0.6) is 5.75 Å². The lowest BCUT2D eigenvalue weighted by Gasteiger charge is -2.04. The fraction of sp³-hybridized carbons (Fsp3) is 0.400. The van der Waals surface area contributed by atoms with Gasteiger partial charge in [-0.25, -0.2) is 4.79 Å². The fourth-order valence-electron chi connectivity index (χ4n) is 1.27. The highest BCUT2D eigenvalue weighted by Crippen LogP contribution is 2.17. The van der Waals surface area contributed by atoms with Gasteiger partial charge in [0.1, 0.15) is 17.1 Å². The third-order valence-corrected chi connectivity index (χ3v) is 2.07. The number of oxime groups is 1. The van der Waals surface area contributed by atoms with Crippen molar-refractivity contribution in [1.82, 2.24) is 0 Å². The lowest BCUT2D eigenvalue weighted by molar-refractivity contribution is 0.317. The van der Waals surface area contributed by atoms with Crippen molar-refractivity contribution in [1.29, 1.82) is 0 Å². The lowest BCUT2D eigenvalue weighted by Crippen LogP contribution is -2.15. The summed E-state index contributed by atoms with van der Waals surface area (Å²) in [5.74, 6) is 0.187. The Morgan fingerprint density at radius 2 is 2.20 bits per heavy atom. The zero-order valence-electron chi connectivity index (χ0n) is 8.65. The summed E-state index contributed by atoms with van der Waals surface area (Å²) in [6.07, 6.45) is 0.848. The molecule has 0 atom stereocenters. The molecule has 1 heterocycles. The Kier molecular flexibility index (Phi) is 3.49. The van der Waals surface area contributed by atoms with Crippen molar-refractivity contribution < 1.29 is 14.7 Å². The van der Waals surface area contributed by atoms with Crippen molar-refractivity contribution in [2.24, 2.45) is 5.16 Å². The van der Waals surface area contributed by atoms with Gasteiger partial charge < -0.3 is 14.7 Å². The lowest BCUT2D eigenvalue weighted by atomic mass is 10.1. The Morgan fingerprint density at radius 1 is 1.53 bits per heavy atom. The van der Waals surface area contributed by atoms with Gasteiger partial charge in [0.2, 0.25) is 0 Å². The van der Waals surface area contributed by atoms with E-state index in [0.717, 1.165) is 0 Å². The van der Waals surface area contributed by atoms with Crippen LogP contribution in [0.2, 0.25) is 0 Å². The smallest absolute Gasteiger partial charge is 0.349 e. The van der Waals surface area contributed by atoms with Crippen LogP contribution in [-0.4, -0.2) is 16.0 Å². The minimum atomic E-state index is -0.679. The molecule has 0 saturated carbocycles. The highest BCUT2D eigenvalue weighted by atomic mass is 16.4. The monoisotopic (exact) mass is 211 g/mol. The first-order valence-corrected chi connectivity index (χ1v) is 4.71. The minimum absolute atomic E-state index is 0.0720. The van der Waals surface area contributed by atoms with Crippen LogP contribution in [0.1, 0.15) is 31.6 Å². The molecule has 0 spiro atoms. The van der Waals surface area contributed by atoms with Crippen LogP contribution in [0.3, 0.4) is 0 Å². The molecule has 1 aromatic heterocycles. The van der Waals surface area contributed by atoms with Crippen LogP contribution >= 0.6 is 0 Å². The van der Waals surface area contributed by atoms with E-state index in [1.807, 2.05) is 0 Å². The van der Waals surface area contributed by atoms with E-state index in [-0.39, 0.29) is 17.0 Å². The molecule has 0 aliphatic heterocycles. The predicted octanol–water partition coefficient (Wildman–Crippen LogP) is 1.50. The molecule has 0 bridgehead atoms. The Morgan fingerprint density at radius 3 is 2.60 bits per heavy atom. The third kappa shape index (κ3) is 2.18. The first kappa shape index (κ1) is 11.3. The van der Waals surface area contributed by atoms with Gasteiger partial charge in [0.15, 0.2) is 0 Å². The van der Waals surface area contributed by atoms with E-state index in [2.05, 4.69) is 5.16 Å². The van der Waals surface area contributed by atoms with E-state index in [1.54, 1.807) is 13.8 Å². The average molecular weight is 211 g/mol. The average Bonchev–Trinajstić information content (AvgIpc) is 2.23. The van der Waals surface area contributed by atoms with E-state index < -0.39 is 5.63 Å².